The van der Waals surface area contributed by atoms with Gasteiger partial charge in [-0.05, 0) is 44.8 Å². The van der Waals surface area contributed by atoms with Crippen LogP contribution in [0.5, 0.6) is 0 Å². The number of aromatic nitrogens is 1. The van der Waals surface area contributed by atoms with Crippen molar-refractivity contribution in [2.24, 2.45) is 0 Å². The van der Waals surface area contributed by atoms with Gasteiger partial charge in [0.05, 0.1) is 11.0 Å². The molecular formula is C10H10Br2N2. The Morgan fingerprint density at radius 3 is 2.79 bits per heavy atom. The van der Waals surface area contributed by atoms with Gasteiger partial charge in [0.1, 0.15) is 5.82 Å². The van der Waals surface area contributed by atoms with E-state index in [-0.39, 0.29) is 0 Å². The van der Waals surface area contributed by atoms with Crippen LogP contribution in [0.3, 0.4) is 0 Å². The molecule has 0 fully saturated rings. The first-order valence-electron chi connectivity index (χ1n) is 4.18. The van der Waals surface area contributed by atoms with E-state index in [1.54, 1.807) is 6.20 Å². The average molecular weight is 318 g/mol. The zero-order valence-corrected chi connectivity index (χ0v) is 11.0. The molecule has 14 heavy (non-hydrogen) atoms. The fraction of sp³-hybridized carbons (Fsp3) is 0.300. The Bertz CT molecular complexity index is 358. The molecule has 0 aliphatic carbocycles. The van der Waals surface area contributed by atoms with E-state index < -0.39 is 0 Å². The Morgan fingerprint density at radius 1 is 1.57 bits per heavy atom. The predicted octanol–water partition coefficient (Wildman–Crippen LogP) is 3.07. The largest absolute Gasteiger partial charge is 0.345 e. The first-order valence-corrected chi connectivity index (χ1v) is 5.77. The highest BCUT2D eigenvalue weighted by atomic mass is 79.9. The Kier molecular flexibility index (Phi) is 4.43. The molecule has 1 aromatic rings. The number of nitrogens with zero attached hydrogens (tertiary/aromatic N) is 2. The fourth-order valence-corrected chi connectivity index (χ4v) is 2.32. The summed E-state index contributed by atoms with van der Waals surface area (Å²) >= 11 is 6.81. The standard InChI is InChI=1S/C10H10Br2N2/c1-3-5-14(4-2)10-9(12)6-8(11)7-13-10/h1,6-7H,4-5H2,2H3. The summed E-state index contributed by atoms with van der Waals surface area (Å²) in [6, 6.07) is 1.96. The van der Waals surface area contributed by atoms with Crippen molar-refractivity contribution in [3.63, 3.8) is 0 Å². The molecule has 1 rings (SSSR count). The minimum atomic E-state index is 0.573. The Morgan fingerprint density at radius 2 is 2.29 bits per heavy atom. The highest BCUT2D eigenvalue weighted by Crippen LogP contribution is 2.26. The van der Waals surface area contributed by atoms with E-state index >= 15 is 0 Å². The van der Waals surface area contributed by atoms with Crippen molar-refractivity contribution >= 4 is 37.7 Å². The van der Waals surface area contributed by atoms with Crippen molar-refractivity contribution in [2.75, 3.05) is 18.0 Å². The maximum absolute atomic E-state index is 5.28. The molecule has 0 N–H and O–H groups in total. The molecule has 74 valence electrons. The summed E-state index contributed by atoms with van der Waals surface area (Å²) < 4.78 is 1.90. The van der Waals surface area contributed by atoms with E-state index in [0.29, 0.717) is 6.54 Å². The third kappa shape index (κ3) is 2.73. The number of hydrogen-bond acceptors (Lipinski definition) is 2. The Hall–Kier alpha value is -0.530. The average Bonchev–Trinajstić information content (AvgIpc) is 2.15. The van der Waals surface area contributed by atoms with Gasteiger partial charge < -0.3 is 4.90 Å². The monoisotopic (exact) mass is 316 g/mol. The zero-order chi connectivity index (χ0) is 10.6. The molecule has 4 heteroatoms. The first kappa shape index (κ1) is 11.5. The molecule has 1 aromatic heterocycles. The molecule has 0 aliphatic rings. The second-order valence-electron chi connectivity index (χ2n) is 2.68. The third-order valence-corrected chi connectivity index (χ3v) is 2.77. The number of hydrogen-bond donors (Lipinski definition) is 0. The molecule has 0 aliphatic heterocycles. The lowest BCUT2D eigenvalue weighted by molar-refractivity contribution is 0.888. The second kappa shape index (κ2) is 5.38. The zero-order valence-electron chi connectivity index (χ0n) is 7.80. The van der Waals surface area contributed by atoms with Gasteiger partial charge >= 0.3 is 0 Å². The highest BCUT2D eigenvalue weighted by Gasteiger charge is 2.08. The second-order valence-corrected chi connectivity index (χ2v) is 4.45. The number of rotatable bonds is 3. The molecular weight excluding hydrogens is 308 g/mol. The van der Waals surface area contributed by atoms with E-state index in [4.69, 9.17) is 6.42 Å². The summed E-state index contributed by atoms with van der Waals surface area (Å²) in [7, 11) is 0. The SMILES string of the molecule is C#CCN(CC)c1ncc(Br)cc1Br. The van der Waals surface area contributed by atoms with Crippen molar-refractivity contribution in [3.8, 4) is 12.3 Å². The van der Waals surface area contributed by atoms with Crippen molar-refractivity contribution in [1.82, 2.24) is 4.98 Å². The topological polar surface area (TPSA) is 16.1 Å². The lowest BCUT2D eigenvalue weighted by Gasteiger charge is -2.20. The van der Waals surface area contributed by atoms with Crippen LogP contribution in [-0.2, 0) is 0 Å². The first-order chi connectivity index (χ1) is 6.69. The van der Waals surface area contributed by atoms with Crippen LogP contribution in [0.4, 0.5) is 5.82 Å². The smallest absolute Gasteiger partial charge is 0.143 e. The maximum atomic E-state index is 5.28. The molecule has 1 heterocycles. The number of terminal acetylenes is 1. The molecule has 0 spiro atoms. The van der Waals surface area contributed by atoms with E-state index in [1.165, 1.54) is 0 Å². The van der Waals surface area contributed by atoms with E-state index in [9.17, 15) is 0 Å². The molecule has 0 radical (unpaired) electrons. The number of anilines is 1. The Labute approximate surface area is 101 Å². The van der Waals surface area contributed by atoms with Crippen LogP contribution >= 0.6 is 31.9 Å². The van der Waals surface area contributed by atoms with Crippen molar-refractivity contribution in [1.29, 1.82) is 0 Å². The summed E-state index contributed by atoms with van der Waals surface area (Å²) in [5.74, 6) is 3.50. The van der Waals surface area contributed by atoms with Gasteiger partial charge in [0, 0.05) is 17.2 Å². The minimum absolute atomic E-state index is 0.573. The van der Waals surface area contributed by atoms with Crippen LogP contribution in [0, 0.1) is 12.3 Å². The van der Waals surface area contributed by atoms with Crippen LogP contribution in [0.2, 0.25) is 0 Å². The molecule has 0 amide bonds. The van der Waals surface area contributed by atoms with Crippen molar-refractivity contribution < 1.29 is 0 Å². The van der Waals surface area contributed by atoms with E-state index in [1.807, 2.05) is 17.9 Å². The van der Waals surface area contributed by atoms with Crippen LogP contribution in [0.25, 0.3) is 0 Å². The van der Waals surface area contributed by atoms with Crippen LogP contribution in [-0.4, -0.2) is 18.1 Å². The quantitative estimate of drug-likeness (QED) is 0.797. The Balaban J connectivity index is 2.99. The van der Waals surface area contributed by atoms with E-state index in [2.05, 4.69) is 42.8 Å². The number of halogens is 2. The van der Waals surface area contributed by atoms with Crippen molar-refractivity contribution in [3.05, 3.63) is 21.2 Å². The van der Waals surface area contributed by atoms with Gasteiger partial charge in [-0.15, -0.1) is 6.42 Å². The summed E-state index contributed by atoms with van der Waals surface area (Å²) in [6.07, 6.45) is 7.04. The molecule has 0 unspecified atom stereocenters. The van der Waals surface area contributed by atoms with E-state index in [0.717, 1.165) is 21.3 Å². The highest BCUT2D eigenvalue weighted by molar-refractivity contribution is 9.11. The minimum Gasteiger partial charge on any atom is -0.345 e. The molecule has 0 saturated carbocycles. The lowest BCUT2D eigenvalue weighted by atomic mass is 10.4. The summed E-state index contributed by atoms with van der Waals surface area (Å²) in [4.78, 5) is 6.33. The molecule has 0 bridgehead atoms. The van der Waals surface area contributed by atoms with Gasteiger partial charge in [0.25, 0.3) is 0 Å². The number of pyridine rings is 1. The molecule has 0 aromatic carbocycles. The summed E-state index contributed by atoms with van der Waals surface area (Å²) in [5.41, 5.74) is 0. The summed E-state index contributed by atoms with van der Waals surface area (Å²) in [6.45, 7) is 3.47. The third-order valence-electron chi connectivity index (χ3n) is 1.75. The molecule has 0 atom stereocenters. The van der Waals surface area contributed by atoms with Crippen LogP contribution in [0.15, 0.2) is 21.2 Å². The van der Waals surface area contributed by atoms with Gasteiger partial charge in [-0.3, -0.25) is 0 Å². The maximum Gasteiger partial charge on any atom is 0.143 e. The molecule has 2 nitrogen and oxygen atoms in total. The van der Waals surface area contributed by atoms with Crippen molar-refractivity contribution in [2.45, 2.75) is 6.92 Å². The molecule has 0 saturated heterocycles. The predicted molar refractivity (Wildman–Crippen MR) is 66.4 cm³/mol. The summed E-state index contributed by atoms with van der Waals surface area (Å²) in [5, 5.41) is 0. The lowest BCUT2D eigenvalue weighted by Crippen LogP contribution is -2.24. The fourth-order valence-electron chi connectivity index (χ4n) is 1.09. The van der Waals surface area contributed by atoms with Crippen LogP contribution < -0.4 is 4.90 Å². The van der Waals surface area contributed by atoms with Gasteiger partial charge in [0.15, 0.2) is 0 Å². The van der Waals surface area contributed by atoms with Gasteiger partial charge in [-0.1, -0.05) is 5.92 Å². The normalized spacial score (nSPS) is 9.57. The van der Waals surface area contributed by atoms with Gasteiger partial charge in [0.2, 0.25) is 0 Å². The van der Waals surface area contributed by atoms with Gasteiger partial charge in [-0.2, -0.15) is 0 Å². The van der Waals surface area contributed by atoms with Gasteiger partial charge in [-0.25, -0.2) is 4.98 Å². The van der Waals surface area contributed by atoms with Crippen LogP contribution in [0.1, 0.15) is 6.92 Å².